The molecule has 7 heteroatoms. The second-order valence-corrected chi connectivity index (χ2v) is 8.15. The van der Waals surface area contributed by atoms with Crippen LogP contribution in [0.3, 0.4) is 0 Å². The lowest BCUT2D eigenvalue weighted by molar-refractivity contribution is -0.145. The lowest BCUT2D eigenvalue weighted by atomic mass is 10.0. The summed E-state index contributed by atoms with van der Waals surface area (Å²) in [5, 5.41) is 6.13. The van der Waals surface area contributed by atoms with Crippen LogP contribution in [0.25, 0.3) is 11.1 Å². The van der Waals surface area contributed by atoms with Crippen LogP contribution >= 0.6 is 12.4 Å². The van der Waals surface area contributed by atoms with Gasteiger partial charge in [-0.15, -0.1) is 12.4 Å². The first-order valence-electron chi connectivity index (χ1n) is 12.2. The molecule has 1 amide bonds. The SMILES string of the molecule is CCCNC(Cc1ccc(OCCNC(=O)c2ccc(-c3ccccc3)cc2)cc1)C(=O)OCC.Cl. The normalized spacial score (nSPS) is 11.2. The Morgan fingerprint density at radius 2 is 1.50 bits per heavy atom. The maximum Gasteiger partial charge on any atom is 0.323 e. The molecule has 0 aliphatic heterocycles. The fraction of sp³-hybridized carbons (Fsp3) is 0.310. The van der Waals surface area contributed by atoms with Crippen molar-refractivity contribution in [1.82, 2.24) is 10.6 Å². The van der Waals surface area contributed by atoms with E-state index in [4.69, 9.17) is 9.47 Å². The van der Waals surface area contributed by atoms with E-state index >= 15 is 0 Å². The number of carbonyl (C=O) groups is 2. The third-order valence-corrected chi connectivity index (χ3v) is 5.49. The largest absolute Gasteiger partial charge is 0.492 e. The maximum atomic E-state index is 12.4. The van der Waals surface area contributed by atoms with Gasteiger partial charge in [-0.05, 0) is 67.3 Å². The molecule has 0 heterocycles. The number of rotatable bonds is 13. The van der Waals surface area contributed by atoms with E-state index in [2.05, 4.69) is 17.6 Å². The summed E-state index contributed by atoms with van der Waals surface area (Å²) < 4.78 is 10.9. The zero-order valence-electron chi connectivity index (χ0n) is 20.9. The van der Waals surface area contributed by atoms with Crippen molar-refractivity contribution in [3.8, 4) is 16.9 Å². The zero-order valence-corrected chi connectivity index (χ0v) is 21.7. The van der Waals surface area contributed by atoms with Crippen LogP contribution in [0.4, 0.5) is 0 Å². The Morgan fingerprint density at radius 1 is 0.833 bits per heavy atom. The average Bonchev–Trinajstić information content (AvgIpc) is 2.90. The topological polar surface area (TPSA) is 76.7 Å². The van der Waals surface area contributed by atoms with Gasteiger partial charge in [0.25, 0.3) is 5.91 Å². The molecule has 0 aliphatic carbocycles. The molecule has 36 heavy (non-hydrogen) atoms. The number of benzene rings is 3. The van der Waals surface area contributed by atoms with Gasteiger partial charge < -0.3 is 20.1 Å². The van der Waals surface area contributed by atoms with Crippen molar-refractivity contribution < 1.29 is 19.1 Å². The Bertz CT molecular complexity index is 1060. The molecule has 3 rings (SSSR count). The first-order chi connectivity index (χ1) is 17.1. The quantitative estimate of drug-likeness (QED) is 0.248. The van der Waals surface area contributed by atoms with Gasteiger partial charge in [0, 0.05) is 5.56 Å². The second-order valence-electron chi connectivity index (χ2n) is 8.15. The number of hydrogen-bond acceptors (Lipinski definition) is 5. The van der Waals surface area contributed by atoms with Crippen LogP contribution in [0.2, 0.25) is 0 Å². The van der Waals surface area contributed by atoms with Gasteiger partial charge in [0.05, 0.1) is 13.2 Å². The lowest BCUT2D eigenvalue weighted by Crippen LogP contribution is -2.40. The average molecular weight is 511 g/mol. The highest BCUT2D eigenvalue weighted by atomic mass is 35.5. The summed E-state index contributed by atoms with van der Waals surface area (Å²) in [7, 11) is 0. The molecule has 2 N–H and O–H groups in total. The van der Waals surface area contributed by atoms with Crippen LogP contribution in [-0.2, 0) is 16.0 Å². The van der Waals surface area contributed by atoms with E-state index < -0.39 is 0 Å². The number of hydrogen-bond donors (Lipinski definition) is 2. The van der Waals surface area contributed by atoms with Crippen molar-refractivity contribution in [3.05, 3.63) is 90.0 Å². The molecule has 0 saturated carbocycles. The highest BCUT2D eigenvalue weighted by Gasteiger charge is 2.19. The number of nitrogens with one attached hydrogen (secondary N) is 2. The number of ether oxygens (including phenoxy) is 2. The van der Waals surface area contributed by atoms with E-state index in [0.717, 1.165) is 29.7 Å². The lowest BCUT2D eigenvalue weighted by Gasteiger charge is -2.17. The van der Waals surface area contributed by atoms with Gasteiger partial charge in [0.15, 0.2) is 0 Å². The zero-order chi connectivity index (χ0) is 24.9. The summed E-state index contributed by atoms with van der Waals surface area (Å²) in [6, 6.07) is 24.9. The molecule has 0 aliphatic rings. The predicted molar refractivity (Wildman–Crippen MR) is 146 cm³/mol. The first kappa shape index (κ1) is 28.9. The van der Waals surface area contributed by atoms with Gasteiger partial charge in [0.1, 0.15) is 18.4 Å². The van der Waals surface area contributed by atoms with Gasteiger partial charge >= 0.3 is 5.97 Å². The Balaban J connectivity index is 0.00000456. The van der Waals surface area contributed by atoms with E-state index in [1.807, 2.05) is 85.8 Å². The molecular weight excluding hydrogens is 476 g/mol. The van der Waals surface area contributed by atoms with Crippen LogP contribution < -0.4 is 15.4 Å². The molecule has 1 unspecified atom stereocenters. The van der Waals surface area contributed by atoms with Crippen LogP contribution in [0.5, 0.6) is 5.75 Å². The van der Waals surface area contributed by atoms with E-state index in [1.54, 1.807) is 0 Å². The van der Waals surface area contributed by atoms with Crippen molar-refractivity contribution in [2.75, 3.05) is 26.3 Å². The molecule has 0 spiro atoms. The van der Waals surface area contributed by atoms with E-state index in [0.29, 0.717) is 37.5 Å². The van der Waals surface area contributed by atoms with Crippen LogP contribution in [0, 0.1) is 0 Å². The Hall–Kier alpha value is -3.35. The van der Waals surface area contributed by atoms with Crippen molar-refractivity contribution in [2.24, 2.45) is 0 Å². The van der Waals surface area contributed by atoms with Crippen LogP contribution in [0.15, 0.2) is 78.9 Å². The van der Waals surface area contributed by atoms with Gasteiger partial charge in [-0.25, -0.2) is 0 Å². The van der Waals surface area contributed by atoms with Gasteiger partial charge in [-0.1, -0.05) is 61.5 Å². The molecule has 1 atom stereocenters. The fourth-order valence-electron chi connectivity index (χ4n) is 3.64. The molecule has 0 bridgehead atoms. The van der Waals surface area contributed by atoms with Gasteiger partial charge in [-0.2, -0.15) is 0 Å². The summed E-state index contributed by atoms with van der Waals surface area (Å²) >= 11 is 0. The number of carbonyl (C=O) groups excluding carboxylic acids is 2. The minimum absolute atomic E-state index is 0. The second kappa shape index (κ2) is 15.6. The van der Waals surface area contributed by atoms with E-state index in [-0.39, 0.29) is 30.3 Å². The summed E-state index contributed by atoms with van der Waals surface area (Å²) in [6.07, 6.45) is 1.50. The van der Waals surface area contributed by atoms with Gasteiger partial charge in [0.2, 0.25) is 0 Å². The maximum absolute atomic E-state index is 12.4. The van der Waals surface area contributed by atoms with Gasteiger partial charge in [-0.3, -0.25) is 9.59 Å². The highest BCUT2D eigenvalue weighted by molar-refractivity contribution is 5.94. The molecule has 3 aromatic carbocycles. The Kier molecular flexibility index (Phi) is 12.5. The fourth-order valence-corrected chi connectivity index (χ4v) is 3.64. The predicted octanol–water partition coefficient (Wildman–Crippen LogP) is 5.06. The summed E-state index contributed by atoms with van der Waals surface area (Å²) in [5.74, 6) is 0.351. The van der Waals surface area contributed by atoms with Crippen LogP contribution in [0.1, 0.15) is 36.2 Å². The smallest absolute Gasteiger partial charge is 0.323 e. The monoisotopic (exact) mass is 510 g/mol. The summed E-state index contributed by atoms with van der Waals surface area (Å²) in [4.78, 5) is 24.6. The third kappa shape index (κ3) is 9.02. The number of esters is 1. The number of halogens is 1. The molecule has 0 saturated heterocycles. The molecule has 0 aromatic heterocycles. The Labute approximate surface area is 219 Å². The minimum atomic E-state index is -0.362. The first-order valence-corrected chi connectivity index (χ1v) is 12.2. The minimum Gasteiger partial charge on any atom is -0.492 e. The highest BCUT2D eigenvalue weighted by Crippen LogP contribution is 2.19. The molecule has 192 valence electrons. The molecule has 3 aromatic rings. The van der Waals surface area contributed by atoms with Crippen molar-refractivity contribution in [1.29, 1.82) is 0 Å². The summed E-state index contributed by atoms with van der Waals surface area (Å²) in [6.45, 7) is 5.75. The summed E-state index contributed by atoms with van der Waals surface area (Å²) in [5.41, 5.74) is 3.82. The van der Waals surface area contributed by atoms with Crippen molar-refractivity contribution >= 4 is 24.3 Å². The van der Waals surface area contributed by atoms with E-state index in [9.17, 15) is 9.59 Å². The molecule has 0 radical (unpaired) electrons. The third-order valence-electron chi connectivity index (χ3n) is 5.49. The standard InChI is InChI=1S/C29H34N2O4.ClH/c1-3-18-30-27(29(33)34-4-2)21-22-10-16-26(17-11-22)35-20-19-31-28(32)25-14-12-24(13-15-25)23-8-6-5-7-9-23;/h5-17,27,30H,3-4,18-21H2,1-2H3,(H,31,32);1H. The van der Waals surface area contributed by atoms with Crippen molar-refractivity contribution in [2.45, 2.75) is 32.7 Å². The molecule has 0 fully saturated rings. The number of amides is 1. The van der Waals surface area contributed by atoms with Crippen LogP contribution in [-0.4, -0.2) is 44.2 Å². The van der Waals surface area contributed by atoms with E-state index in [1.165, 1.54) is 0 Å². The Morgan fingerprint density at radius 3 is 2.14 bits per heavy atom. The molecular formula is C29H35ClN2O4. The molecule has 6 nitrogen and oxygen atoms in total. The van der Waals surface area contributed by atoms with Crippen molar-refractivity contribution in [3.63, 3.8) is 0 Å².